The van der Waals surface area contributed by atoms with Crippen LogP contribution in [0, 0.1) is 5.92 Å². The van der Waals surface area contributed by atoms with E-state index in [1.165, 1.54) is 0 Å². The van der Waals surface area contributed by atoms with Crippen LogP contribution >= 0.6 is 0 Å². The van der Waals surface area contributed by atoms with E-state index in [0.717, 1.165) is 12.4 Å². The lowest BCUT2D eigenvalue weighted by atomic mass is 10.2. The molecule has 0 saturated heterocycles. The molecule has 0 aliphatic heterocycles. The average molecular weight is 221 g/mol. The maximum Gasteiger partial charge on any atom is 0.199 e. The van der Waals surface area contributed by atoms with Gasteiger partial charge in [-0.05, 0) is 22.9 Å². The van der Waals surface area contributed by atoms with Crippen molar-refractivity contribution in [1.29, 1.82) is 0 Å². The summed E-state index contributed by atoms with van der Waals surface area (Å²) in [6.07, 6.45) is 3.37. The Morgan fingerprint density at radius 2 is 2.31 bits per heavy atom. The molecule has 0 radical (unpaired) electrons. The van der Waals surface area contributed by atoms with Crippen LogP contribution in [0.1, 0.15) is 6.92 Å². The third-order valence-corrected chi connectivity index (χ3v) is 2.47. The number of fused-ring (bicyclic) bond motifs is 1. The van der Waals surface area contributed by atoms with E-state index in [4.69, 9.17) is 5.73 Å². The van der Waals surface area contributed by atoms with Crippen LogP contribution in [0.15, 0.2) is 12.4 Å². The largest absolute Gasteiger partial charge is 0.358 e. The molecule has 2 aromatic rings. The molecule has 0 spiro atoms. The van der Waals surface area contributed by atoms with Crippen molar-refractivity contribution < 1.29 is 0 Å². The fourth-order valence-corrected chi connectivity index (χ4v) is 1.56. The van der Waals surface area contributed by atoms with Gasteiger partial charge in [0, 0.05) is 13.6 Å². The zero-order valence-corrected chi connectivity index (χ0v) is 9.41. The molecule has 2 aromatic heterocycles. The number of hydrogen-bond acceptors (Lipinski definition) is 6. The van der Waals surface area contributed by atoms with E-state index in [2.05, 4.69) is 27.4 Å². The van der Waals surface area contributed by atoms with Crippen LogP contribution < -0.4 is 10.6 Å². The first-order valence-electron chi connectivity index (χ1n) is 5.15. The molecule has 0 aliphatic rings. The number of rotatable bonds is 4. The summed E-state index contributed by atoms with van der Waals surface area (Å²) in [5.41, 5.74) is 6.24. The average Bonchev–Trinajstić information content (AvgIpc) is 2.76. The maximum absolute atomic E-state index is 5.60. The van der Waals surface area contributed by atoms with E-state index in [-0.39, 0.29) is 0 Å². The molecule has 1 unspecified atom stereocenters. The van der Waals surface area contributed by atoms with E-state index in [0.29, 0.717) is 18.1 Å². The summed E-state index contributed by atoms with van der Waals surface area (Å²) in [5.74, 6) is 1.28. The molecular weight excluding hydrogens is 206 g/mol. The van der Waals surface area contributed by atoms with Gasteiger partial charge in [-0.25, -0.2) is 0 Å². The maximum atomic E-state index is 5.60. The Morgan fingerprint density at radius 3 is 3.06 bits per heavy atom. The van der Waals surface area contributed by atoms with E-state index in [1.54, 1.807) is 16.9 Å². The van der Waals surface area contributed by atoms with Gasteiger partial charge in [-0.15, -0.1) is 5.10 Å². The third-order valence-electron chi connectivity index (χ3n) is 2.47. The van der Waals surface area contributed by atoms with Crippen molar-refractivity contribution in [3.05, 3.63) is 12.4 Å². The summed E-state index contributed by atoms with van der Waals surface area (Å²) in [5, 5.41) is 11.4. The first-order chi connectivity index (χ1) is 7.72. The Labute approximate surface area is 93.3 Å². The summed E-state index contributed by atoms with van der Waals surface area (Å²) in [6.45, 7) is 3.60. The van der Waals surface area contributed by atoms with Crippen molar-refractivity contribution in [3.63, 3.8) is 0 Å². The predicted octanol–water partition coefficient (Wildman–Crippen LogP) is -0.450. The van der Waals surface area contributed by atoms with Gasteiger partial charge in [0.05, 0.1) is 12.4 Å². The van der Waals surface area contributed by atoms with Crippen LogP contribution in [0.4, 0.5) is 5.82 Å². The number of aromatic nitrogens is 5. The number of nitrogens with zero attached hydrogens (tertiary/aromatic N) is 6. The highest BCUT2D eigenvalue weighted by atomic mass is 15.5. The van der Waals surface area contributed by atoms with Crippen molar-refractivity contribution in [2.45, 2.75) is 6.92 Å². The Hall–Kier alpha value is -1.76. The number of hydrogen-bond donors (Lipinski definition) is 1. The smallest absolute Gasteiger partial charge is 0.199 e. The molecule has 86 valence electrons. The van der Waals surface area contributed by atoms with E-state index in [9.17, 15) is 0 Å². The first kappa shape index (κ1) is 10.7. The van der Waals surface area contributed by atoms with E-state index < -0.39 is 0 Å². The summed E-state index contributed by atoms with van der Waals surface area (Å²) in [7, 11) is 1.98. The van der Waals surface area contributed by atoms with Gasteiger partial charge < -0.3 is 10.6 Å². The Bertz CT molecular complexity index is 466. The minimum Gasteiger partial charge on any atom is -0.358 e. The molecule has 0 saturated carbocycles. The second-order valence-electron chi connectivity index (χ2n) is 3.94. The molecule has 1 atom stereocenters. The highest BCUT2D eigenvalue weighted by Gasteiger charge is 2.10. The van der Waals surface area contributed by atoms with E-state index >= 15 is 0 Å². The van der Waals surface area contributed by atoms with Gasteiger partial charge in [0.15, 0.2) is 11.5 Å². The molecule has 2 N–H and O–H groups in total. The minimum absolute atomic E-state index is 0.414. The van der Waals surface area contributed by atoms with Crippen molar-refractivity contribution in [2.24, 2.45) is 11.7 Å². The molecule has 2 heterocycles. The van der Waals surface area contributed by atoms with E-state index in [1.807, 2.05) is 11.9 Å². The van der Waals surface area contributed by atoms with Crippen LogP contribution in [0.5, 0.6) is 0 Å². The standard InChI is InChI=1S/C9H15N7/c1-7(3-10)6-15(2)9-5-11-4-8-12-13-14-16(8)9/h4-5,7H,3,6,10H2,1-2H3. The Kier molecular flexibility index (Phi) is 2.95. The predicted molar refractivity (Wildman–Crippen MR) is 60.1 cm³/mol. The number of anilines is 1. The lowest BCUT2D eigenvalue weighted by Crippen LogP contribution is -2.29. The SMILES string of the molecule is CC(CN)CN(C)c1cncc2nnnn12. The minimum atomic E-state index is 0.414. The third kappa shape index (κ3) is 1.94. The second-order valence-corrected chi connectivity index (χ2v) is 3.94. The van der Waals surface area contributed by atoms with Crippen LogP contribution in [0.3, 0.4) is 0 Å². The van der Waals surface area contributed by atoms with Gasteiger partial charge in [-0.1, -0.05) is 6.92 Å². The number of tetrazole rings is 1. The van der Waals surface area contributed by atoms with Crippen molar-refractivity contribution in [2.75, 3.05) is 25.0 Å². The van der Waals surface area contributed by atoms with Crippen LogP contribution in [-0.2, 0) is 0 Å². The topological polar surface area (TPSA) is 85.2 Å². The molecule has 0 bridgehead atoms. The zero-order chi connectivity index (χ0) is 11.5. The van der Waals surface area contributed by atoms with Gasteiger partial charge in [-0.2, -0.15) is 4.52 Å². The van der Waals surface area contributed by atoms with Gasteiger partial charge in [0.25, 0.3) is 0 Å². The summed E-state index contributed by atoms with van der Waals surface area (Å²) in [6, 6.07) is 0. The quantitative estimate of drug-likeness (QED) is 0.752. The fourth-order valence-electron chi connectivity index (χ4n) is 1.56. The van der Waals surface area contributed by atoms with Gasteiger partial charge >= 0.3 is 0 Å². The molecule has 0 aromatic carbocycles. The molecule has 16 heavy (non-hydrogen) atoms. The molecule has 2 rings (SSSR count). The van der Waals surface area contributed by atoms with Crippen molar-refractivity contribution in [1.82, 2.24) is 25.0 Å². The fraction of sp³-hybridized carbons (Fsp3) is 0.556. The molecular formula is C9H15N7. The lowest BCUT2D eigenvalue weighted by Gasteiger charge is -2.21. The van der Waals surface area contributed by atoms with Gasteiger partial charge in [-0.3, -0.25) is 4.98 Å². The molecule has 0 fully saturated rings. The monoisotopic (exact) mass is 221 g/mol. The highest BCUT2D eigenvalue weighted by Crippen LogP contribution is 2.12. The van der Waals surface area contributed by atoms with Crippen LogP contribution in [0.25, 0.3) is 5.65 Å². The first-order valence-corrected chi connectivity index (χ1v) is 5.15. The second kappa shape index (κ2) is 4.40. The van der Waals surface area contributed by atoms with Gasteiger partial charge in [0.2, 0.25) is 0 Å². The highest BCUT2D eigenvalue weighted by molar-refractivity contribution is 5.45. The molecule has 0 aliphatic carbocycles. The summed E-state index contributed by atoms with van der Waals surface area (Å²) < 4.78 is 1.66. The molecule has 0 amide bonds. The van der Waals surface area contributed by atoms with Crippen LogP contribution in [0.2, 0.25) is 0 Å². The zero-order valence-electron chi connectivity index (χ0n) is 9.41. The summed E-state index contributed by atoms with van der Waals surface area (Å²) >= 11 is 0. The van der Waals surface area contributed by atoms with Crippen molar-refractivity contribution >= 4 is 11.5 Å². The lowest BCUT2D eigenvalue weighted by molar-refractivity contribution is 0.583. The Morgan fingerprint density at radius 1 is 1.50 bits per heavy atom. The number of nitrogens with two attached hydrogens (primary N) is 1. The molecule has 7 heteroatoms. The molecule has 7 nitrogen and oxygen atoms in total. The summed E-state index contributed by atoms with van der Waals surface area (Å²) in [4.78, 5) is 6.15. The van der Waals surface area contributed by atoms with Gasteiger partial charge in [0.1, 0.15) is 0 Å². The van der Waals surface area contributed by atoms with Crippen LogP contribution in [-0.4, -0.2) is 45.2 Å². The van der Waals surface area contributed by atoms with Crippen molar-refractivity contribution in [3.8, 4) is 0 Å². The normalized spacial score (nSPS) is 12.9. The Balaban J connectivity index is 2.28.